The number of amides is 1. The van der Waals surface area contributed by atoms with Crippen LogP contribution in [0.3, 0.4) is 0 Å². The molecule has 0 radical (unpaired) electrons. The number of fused-ring (bicyclic) bond motifs is 1. The van der Waals surface area contributed by atoms with Gasteiger partial charge in [-0.2, -0.15) is 0 Å². The van der Waals surface area contributed by atoms with Crippen LogP contribution >= 0.6 is 0 Å². The Morgan fingerprint density at radius 2 is 1.96 bits per heavy atom. The van der Waals surface area contributed by atoms with Crippen molar-refractivity contribution >= 4 is 16.9 Å². The second kappa shape index (κ2) is 7.28. The minimum absolute atomic E-state index is 0.0597. The van der Waals surface area contributed by atoms with Gasteiger partial charge in [-0.25, -0.2) is 0 Å². The van der Waals surface area contributed by atoms with Crippen LogP contribution in [-0.2, 0) is 20.7 Å². The van der Waals surface area contributed by atoms with E-state index in [1.54, 1.807) is 6.26 Å². The Morgan fingerprint density at radius 3 is 2.74 bits per heavy atom. The molecule has 0 bridgehead atoms. The van der Waals surface area contributed by atoms with E-state index in [4.69, 9.17) is 13.9 Å². The zero-order valence-electron chi connectivity index (χ0n) is 16.5. The van der Waals surface area contributed by atoms with Gasteiger partial charge in [0.05, 0.1) is 18.3 Å². The highest BCUT2D eigenvalue weighted by atomic mass is 16.5. The molecule has 5 heteroatoms. The molecule has 2 saturated heterocycles. The molecule has 1 atom stereocenters. The van der Waals surface area contributed by atoms with E-state index in [0.717, 1.165) is 66.6 Å². The lowest BCUT2D eigenvalue weighted by molar-refractivity contribution is -0.143. The van der Waals surface area contributed by atoms with Crippen LogP contribution in [0, 0.1) is 20.8 Å². The van der Waals surface area contributed by atoms with Gasteiger partial charge in [-0.1, -0.05) is 6.07 Å². The molecule has 2 aliphatic rings. The highest BCUT2D eigenvalue weighted by Gasteiger charge is 2.39. The number of aryl methyl sites for hydroxylation is 3. The van der Waals surface area contributed by atoms with Gasteiger partial charge in [0.15, 0.2) is 0 Å². The van der Waals surface area contributed by atoms with Crippen molar-refractivity contribution in [1.82, 2.24) is 5.32 Å². The summed E-state index contributed by atoms with van der Waals surface area (Å²) in [5.41, 5.74) is 5.29. The molecule has 1 N–H and O–H groups in total. The summed E-state index contributed by atoms with van der Waals surface area (Å²) in [6.07, 6.45) is 5.69. The molecule has 1 spiro atoms. The lowest BCUT2D eigenvalue weighted by Crippen LogP contribution is -2.51. The number of hydrogen-bond donors (Lipinski definition) is 1. The van der Waals surface area contributed by atoms with Crippen molar-refractivity contribution in [3.8, 4) is 0 Å². The number of ether oxygens (including phenoxy) is 2. The normalized spacial score (nSPS) is 22.3. The maximum absolute atomic E-state index is 12.7. The second-order valence-corrected chi connectivity index (χ2v) is 8.18. The Labute approximate surface area is 160 Å². The van der Waals surface area contributed by atoms with Crippen molar-refractivity contribution < 1.29 is 18.7 Å². The van der Waals surface area contributed by atoms with Gasteiger partial charge in [0.1, 0.15) is 5.58 Å². The smallest absolute Gasteiger partial charge is 0.224 e. The molecular formula is C22H29NO4. The SMILES string of the molecule is Cc1cc(C)c2c(CC(=O)NC3CCOC4(CCOCC4)C3)coc2c1C. The largest absolute Gasteiger partial charge is 0.464 e. The standard InChI is InChI=1S/C22H29NO4/c1-14-10-15(2)20-17(13-26-21(20)16(14)3)11-19(24)23-18-4-7-27-22(12-18)5-8-25-9-6-22/h10,13,18H,4-9,11-12H2,1-3H3,(H,23,24). The van der Waals surface area contributed by atoms with Crippen LogP contribution < -0.4 is 5.32 Å². The Kier molecular flexibility index (Phi) is 4.99. The highest BCUT2D eigenvalue weighted by Crippen LogP contribution is 2.34. The van der Waals surface area contributed by atoms with E-state index < -0.39 is 0 Å². The minimum atomic E-state index is -0.109. The van der Waals surface area contributed by atoms with Gasteiger partial charge < -0.3 is 19.2 Å². The molecule has 1 aromatic carbocycles. The highest BCUT2D eigenvalue weighted by molar-refractivity contribution is 5.92. The maximum atomic E-state index is 12.7. The van der Waals surface area contributed by atoms with Gasteiger partial charge in [0.2, 0.25) is 5.91 Å². The van der Waals surface area contributed by atoms with Crippen LogP contribution in [0.25, 0.3) is 11.0 Å². The van der Waals surface area contributed by atoms with Crippen LogP contribution in [0.15, 0.2) is 16.7 Å². The predicted molar refractivity (Wildman–Crippen MR) is 104 cm³/mol. The van der Waals surface area contributed by atoms with Crippen LogP contribution in [0.2, 0.25) is 0 Å². The van der Waals surface area contributed by atoms with Crippen LogP contribution in [0.5, 0.6) is 0 Å². The lowest BCUT2D eigenvalue weighted by atomic mass is 9.84. The molecule has 146 valence electrons. The van der Waals surface area contributed by atoms with Gasteiger partial charge in [-0.05, 0) is 63.1 Å². The third kappa shape index (κ3) is 3.63. The fraction of sp³-hybridized carbons (Fsp3) is 0.591. The molecule has 0 aliphatic carbocycles. The van der Waals surface area contributed by atoms with Gasteiger partial charge >= 0.3 is 0 Å². The summed E-state index contributed by atoms with van der Waals surface area (Å²) < 4.78 is 17.4. The predicted octanol–water partition coefficient (Wildman–Crippen LogP) is 3.74. The zero-order chi connectivity index (χ0) is 19.0. The van der Waals surface area contributed by atoms with Crippen molar-refractivity contribution in [1.29, 1.82) is 0 Å². The summed E-state index contributed by atoms with van der Waals surface area (Å²) in [7, 11) is 0. The first-order valence-electron chi connectivity index (χ1n) is 9.95. The first-order chi connectivity index (χ1) is 13.0. The van der Waals surface area contributed by atoms with E-state index in [1.165, 1.54) is 5.56 Å². The second-order valence-electron chi connectivity index (χ2n) is 8.18. The third-order valence-corrected chi connectivity index (χ3v) is 6.24. The summed E-state index contributed by atoms with van der Waals surface area (Å²) in [6, 6.07) is 2.34. The average molecular weight is 371 g/mol. The number of carbonyl (C=O) groups is 1. The van der Waals surface area contributed by atoms with Crippen molar-refractivity contribution in [3.63, 3.8) is 0 Å². The Bertz CT molecular complexity index is 842. The van der Waals surface area contributed by atoms with Crippen molar-refractivity contribution in [3.05, 3.63) is 34.6 Å². The molecule has 27 heavy (non-hydrogen) atoms. The first-order valence-corrected chi connectivity index (χ1v) is 9.95. The van der Waals surface area contributed by atoms with Crippen LogP contribution in [-0.4, -0.2) is 37.4 Å². The Morgan fingerprint density at radius 1 is 1.19 bits per heavy atom. The molecule has 4 rings (SSSR count). The maximum Gasteiger partial charge on any atom is 0.224 e. The summed E-state index contributed by atoms with van der Waals surface area (Å²) in [5, 5.41) is 4.32. The summed E-state index contributed by atoms with van der Waals surface area (Å²) >= 11 is 0. The molecule has 2 fully saturated rings. The molecular weight excluding hydrogens is 342 g/mol. The molecule has 5 nitrogen and oxygen atoms in total. The summed E-state index contributed by atoms with van der Waals surface area (Å²) in [4.78, 5) is 12.7. The van der Waals surface area contributed by atoms with E-state index >= 15 is 0 Å². The van der Waals surface area contributed by atoms with Gasteiger partial charge in [0, 0.05) is 36.8 Å². The number of hydrogen-bond acceptors (Lipinski definition) is 4. The average Bonchev–Trinajstić information content (AvgIpc) is 3.04. The molecule has 1 aromatic heterocycles. The topological polar surface area (TPSA) is 60.7 Å². The molecule has 1 amide bonds. The minimum Gasteiger partial charge on any atom is -0.464 e. The molecule has 3 heterocycles. The Balaban J connectivity index is 1.45. The monoisotopic (exact) mass is 371 g/mol. The van der Waals surface area contributed by atoms with Crippen molar-refractivity contribution in [2.45, 2.75) is 64.5 Å². The number of rotatable bonds is 3. The summed E-state index contributed by atoms with van der Waals surface area (Å²) in [6.45, 7) is 8.45. The molecule has 2 aliphatic heterocycles. The lowest BCUT2D eigenvalue weighted by Gasteiger charge is -2.43. The fourth-order valence-electron chi connectivity index (χ4n) is 4.61. The molecule has 0 saturated carbocycles. The number of carbonyl (C=O) groups excluding carboxylic acids is 1. The van der Waals surface area contributed by atoms with Crippen LogP contribution in [0.4, 0.5) is 0 Å². The van der Waals surface area contributed by atoms with E-state index in [-0.39, 0.29) is 17.6 Å². The summed E-state index contributed by atoms with van der Waals surface area (Å²) in [5.74, 6) is 0.0597. The number of furan rings is 1. The number of benzene rings is 1. The van der Waals surface area contributed by atoms with Crippen molar-refractivity contribution in [2.24, 2.45) is 0 Å². The van der Waals surface area contributed by atoms with Gasteiger partial charge in [-0.15, -0.1) is 0 Å². The van der Waals surface area contributed by atoms with E-state index in [2.05, 4.69) is 32.2 Å². The first kappa shape index (κ1) is 18.5. The van der Waals surface area contributed by atoms with Gasteiger partial charge in [0.25, 0.3) is 0 Å². The van der Waals surface area contributed by atoms with E-state index in [9.17, 15) is 4.79 Å². The van der Waals surface area contributed by atoms with Gasteiger partial charge in [-0.3, -0.25) is 4.79 Å². The quantitative estimate of drug-likeness (QED) is 0.893. The molecule has 1 unspecified atom stereocenters. The Hall–Kier alpha value is -1.85. The number of nitrogens with one attached hydrogen (secondary N) is 1. The zero-order valence-corrected chi connectivity index (χ0v) is 16.5. The van der Waals surface area contributed by atoms with E-state index in [0.29, 0.717) is 13.0 Å². The van der Waals surface area contributed by atoms with Crippen molar-refractivity contribution in [2.75, 3.05) is 19.8 Å². The van der Waals surface area contributed by atoms with E-state index in [1.807, 2.05) is 0 Å². The molecule has 2 aromatic rings. The van der Waals surface area contributed by atoms with Crippen LogP contribution in [0.1, 0.15) is 47.9 Å². The fourth-order valence-corrected chi connectivity index (χ4v) is 4.61. The third-order valence-electron chi connectivity index (χ3n) is 6.24.